The van der Waals surface area contributed by atoms with Crippen LogP contribution in [0.1, 0.15) is 29.8 Å². The van der Waals surface area contributed by atoms with Gasteiger partial charge >= 0.3 is 0 Å². The topological polar surface area (TPSA) is 42.9 Å². The Morgan fingerprint density at radius 2 is 1.70 bits per heavy atom. The third-order valence-corrected chi connectivity index (χ3v) is 4.76. The second-order valence-electron chi connectivity index (χ2n) is 6.01. The number of Topliss-reactive ketones (excluding diaryl/α,β-unsaturated/α-hetero) is 1. The molecule has 0 saturated carbocycles. The summed E-state index contributed by atoms with van der Waals surface area (Å²) in [6.45, 7) is 3.54. The number of aryl methyl sites for hydroxylation is 1. The van der Waals surface area contributed by atoms with Crippen molar-refractivity contribution in [3.8, 4) is 0 Å². The number of carbonyl (C=O) groups is 1. The van der Waals surface area contributed by atoms with E-state index in [0.29, 0.717) is 16.5 Å². The van der Waals surface area contributed by atoms with Crippen LogP contribution in [0.5, 0.6) is 0 Å². The highest BCUT2D eigenvalue weighted by molar-refractivity contribution is 9.10. The van der Waals surface area contributed by atoms with Gasteiger partial charge in [0, 0.05) is 40.6 Å². The van der Waals surface area contributed by atoms with Crippen LogP contribution in [-0.4, -0.2) is 15.8 Å². The summed E-state index contributed by atoms with van der Waals surface area (Å²) in [7, 11) is 0. The highest BCUT2D eigenvalue weighted by Gasteiger charge is 2.18. The fourth-order valence-electron chi connectivity index (χ4n) is 2.41. The lowest BCUT2D eigenvalue weighted by molar-refractivity contribution is -0.118. The van der Waals surface area contributed by atoms with Crippen LogP contribution >= 0.6 is 39.1 Å². The Bertz CT molecular complexity index is 862. The maximum Gasteiger partial charge on any atom is 0.137 e. The molecule has 0 aliphatic heterocycles. The summed E-state index contributed by atoms with van der Waals surface area (Å²) >= 11 is 14.8. The van der Waals surface area contributed by atoms with Gasteiger partial charge in [0.05, 0.1) is 10.0 Å². The van der Waals surface area contributed by atoms with E-state index >= 15 is 0 Å². The number of benzene rings is 1. The van der Waals surface area contributed by atoms with Crippen LogP contribution < -0.4 is 0 Å². The Morgan fingerprint density at radius 3 is 2.19 bits per heavy atom. The number of pyridine rings is 2. The lowest BCUT2D eigenvalue weighted by atomic mass is 9.91. The standard InChI is InChI=1S/C15H13BrClNO.C6H6ClN/c1-10(19)15(11-3-2-4-12(16)7-11)8-14-6-5-13(17)9-18-14;1-5-2-3-6(7)4-8-5/h2-7,9,15H,8H2,1H3;2-4H,1H3. The Labute approximate surface area is 177 Å². The maximum absolute atomic E-state index is 11.9. The van der Waals surface area contributed by atoms with E-state index in [1.54, 1.807) is 25.4 Å². The molecular weight excluding hydrogens is 447 g/mol. The number of hydrogen-bond acceptors (Lipinski definition) is 3. The van der Waals surface area contributed by atoms with Gasteiger partial charge in [-0.1, -0.05) is 51.3 Å². The number of hydrogen-bond donors (Lipinski definition) is 0. The zero-order valence-corrected chi connectivity index (χ0v) is 18.1. The van der Waals surface area contributed by atoms with Gasteiger partial charge in [0.1, 0.15) is 5.78 Å². The monoisotopic (exact) mass is 464 g/mol. The molecule has 3 rings (SSSR count). The third-order valence-electron chi connectivity index (χ3n) is 3.82. The quantitative estimate of drug-likeness (QED) is 0.444. The van der Waals surface area contributed by atoms with Crippen molar-refractivity contribution in [1.82, 2.24) is 9.97 Å². The number of aromatic nitrogens is 2. The van der Waals surface area contributed by atoms with Crippen LogP contribution in [-0.2, 0) is 11.2 Å². The molecule has 0 amide bonds. The maximum atomic E-state index is 11.9. The van der Waals surface area contributed by atoms with Gasteiger partial charge in [0.15, 0.2) is 0 Å². The Balaban J connectivity index is 0.000000273. The Morgan fingerprint density at radius 1 is 1.04 bits per heavy atom. The van der Waals surface area contributed by atoms with Gasteiger partial charge in [-0.3, -0.25) is 14.8 Å². The lowest BCUT2D eigenvalue weighted by Gasteiger charge is -2.14. The molecular formula is C21H19BrCl2N2O. The first-order valence-corrected chi connectivity index (χ1v) is 9.84. The molecule has 0 N–H and O–H groups in total. The van der Waals surface area contributed by atoms with Crippen LogP contribution in [0.4, 0.5) is 0 Å². The summed E-state index contributed by atoms with van der Waals surface area (Å²) in [6.07, 6.45) is 3.83. The van der Waals surface area contributed by atoms with Crippen molar-refractivity contribution in [3.63, 3.8) is 0 Å². The SMILES string of the molecule is CC(=O)C(Cc1ccc(Cl)cn1)c1cccc(Br)c1.Cc1ccc(Cl)cn1. The predicted octanol–water partition coefficient (Wildman–Crippen LogP) is 6.46. The van der Waals surface area contributed by atoms with E-state index in [2.05, 4.69) is 25.9 Å². The average Bonchev–Trinajstić information content (AvgIpc) is 2.64. The van der Waals surface area contributed by atoms with Crippen molar-refractivity contribution in [3.05, 3.63) is 92.4 Å². The van der Waals surface area contributed by atoms with Crippen LogP contribution in [0, 0.1) is 6.92 Å². The number of halogens is 3. The first-order valence-electron chi connectivity index (χ1n) is 8.29. The summed E-state index contributed by atoms with van der Waals surface area (Å²) in [5.74, 6) is -0.0407. The molecule has 0 spiro atoms. The normalized spacial score (nSPS) is 11.3. The van der Waals surface area contributed by atoms with Crippen molar-refractivity contribution in [1.29, 1.82) is 0 Å². The molecule has 3 aromatic rings. The Kier molecular flexibility index (Phi) is 8.42. The molecule has 0 saturated heterocycles. The second kappa shape index (κ2) is 10.5. The molecule has 2 heterocycles. The average molecular weight is 466 g/mol. The van der Waals surface area contributed by atoms with Crippen molar-refractivity contribution < 1.29 is 4.79 Å². The second-order valence-corrected chi connectivity index (χ2v) is 7.80. The number of rotatable bonds is 4. The molecule has 1 aromatic carbocycles. The largest absolute Gasteiger partial charge is 0.299 e. The molecule has 1 unspecified atom stereocenters. The highest BCUT2D eigenvalue weighted by atomic mass is 79.9. The van der Waals surface area contributed by atoms with E-state index in [9.17, 15) is 4.79 Å². The van der Waals surface area contributed by atoms with Crippen LogP contribution in [0.15, 0.2) is 65.4 Å². The van der Waals surface area contributed by atoms with E-state index in [1.165, 1.54) is 0 Å². The van der Waals surface area contributed by atoms with Crippen molar-refractivity contribution in [2.75, 3.05) is 0 Å². The van der Waals surface area contributed by atoms with Crippen molar-refractivity contribution in [2.45, 2.75) is 26.2 Å². The molecule has 0 radical (unpaired) electrons. The summed E-state index contributed by atoms with van der Waals surface area (Å²) in [5, 5.41) is 1.29. The van der Waals surface area contributed by atoms with E-state index < -0.39 is 0 Å². The smallest absolute Gasteiger partial charge is 0.137 e. The van der Waals surface area contributed by atoms with E-state index in [-0.39, 0.29) is 11.7 Å². The first kappa shape index (κ1) is 21.5. The Hall–Kier alpha value is -1.75. The third kappa shape index (κ3) is 7.41. The summed E-state index contributed by atoms with van der Waals surface area (Å²) in [4.78, 5) is 20.1. The van der Waals surface area contributed by atoms with E-state index in [0.717, 1.165) is 21.4 Å². The van der Waals surface area contributed by atoms with Gasteiger partial charge in [-0.05, 0) is 55.8 Å². The highest BCUT2D eigenvalue weighted by Crippen LogP contribution is 2.24. The zero-order chi connectivity index (χ0) is 19.8. The molecule has 0 aliphatic carbocycles. The molecule has 0 bridgehead atoms. The van der Waals surface area contributed by atoms with Crippen LogP contribution in [0.3, 0.4) is 0 Å². The fourth-order valence-corrected chi connectivity index (χ4v) is 3.05. The van der Waals surface area contributed by atoms with Crippen molar-refractivity contribution >= 4 is 44.9 Å². The summed E-state index contributed by atoms with van der Waals surface area (Å²) in [5.41, 5.74) is 2.86. The molecule has 0 aliphatic rings. The zero-order valence-electron chi connectivity index (χ0n) is 15.0. The number of nitrogens with zero attached hydrogens (tertiary/aromatic N) is 2. The van der Waals surface area contributed by atoms with Gasteiger partial charge in [0.25, 0.3) is 0 Å². The van der Waals surface area contributed by atoms with Gasteiger partial charge in [-0.15, -0.1) is 0 Å². The predicted molar refractivity (Wildman–Crippen MR) is 114 cm³/mol. The minimum Gasteiger partial charge on any atom is -0.299 e. The number of ketones is 1. The molecule has 6 heteroatoms. The minimum atomic E-state index is -0.175. The molecule has 27 heavy (non-hydrogen) atoms. The van der Waals surface area contributed by atoms with Crippen molar-refractivity contribution in [2.24, 2.45) is 0 Å². The van der Waals surface area contributed by atoms with Gasteiger partial charge in [-0.2, -0.15) is 0 Å². The van der Waals surface area contributed by atoms with Crippen LogP contribution in [0.2, 0.25) is 10.0 Å². The van der Waals surface area contributed by atoms with Gasteiger partial charge < -0.3 is 0 Å². The minimum absolute atomic E-state index is 0.134. The van der Waals surface area contributed by atoms with E-state index in [4.69, 9.17) is 23.2 Å². The van der Waals surface area contributed by atoms with Crippen LogP contribution in [0.25, 0.3) is 0 Å². The summed E-state index contributed by atoms with van der Waals surface area (Å²) < 4.78 is 0.973. The fraction of sp³-hybridized carbons (Fsp3) is 0.190. The molecule has 0 fully saturated rings. The number of carbonyl (C=O) groups excluding carboxylic acids is 1. The molecule has 3 nitrogen and oxygen atoms in total. The molecule has 140 valence electrons. The summed E-state index contributed by atoms with van der Waals surface area (Å²) in [6, 6.07) is 15.2. The van der Waals surface area contributed by atoms with E-state index in [1.807, 2.05) is 49.4 Å². The molecule has 1 atom stereocenters. The molecule has 2 aromatic heterocycles. The van der Waals surface area contributed by atoms with Gasteiger partial charge in [0.2, 0.25) is 0 Å². The first-order chi connectivity index (χ1) is 12.8. The lowest BCUT2D eigenvalue weighted by Crippen LogP contribution is -2.12. The van der Waals surface area contributed by atoms with Gasteiger partial charge in [-0.25, -0.2) is 0 Å².